The monoisotopic (exact) mass is 363 g/mol. The molecule has 2 heterocycles. The highest BCUT2D eigenvalue weighted by Crippen LogP contribution is 2.31. The molecule has 0 aliphatic carbocycles. The van der Waals surface area contributed by atoms with Gasteiger partial charge in [0.1, 0.15) is 0 Å². The molecular weight excluding hydrogens is 342 g/mol. The summed E-state index contributed by atoms with van der Waals surface area (Å²) in [4.78, 5) is 16.5. The first-order valence-electron chi connectivity index (χ1n) is 9.14. The van der Waals surface area contributed by atoms with Crippen molar-refractivity contribution in [2.24, 2.45) is 4.99 Å². The number of aliphatic imine (C=N–C) groups is 1. The smallest absolute Gasteiger partial charge is 0.363 e. The number of ether oxygens (including phenoxy) is 3. The van der Waals surface area contributed by atoms with Gasteiger partial charge in [0.05, 0.1) is 13.2 Å². The summed E-state index contributed by atoms with van der Waals surface area (Å²) in [5.41, 5.74) is 3.56. The number of nitrogens with zero attached hydrogens (tertiary/aromatic N) is 1. The molecule has 0 spiro atoms. The van der Waals surface area contributed by atoms with E-state index >= 15 is 0 Å². The zero-order valence-electron chi connectivity index (χ0n) is 15.2. The summed E-state index contributed by atoms with van der Waals surface area (Å²) >= 11 is 0. The maximum atomic E-state index is 12.1. The minimum atomic E-state index is -0.415. The second kappa shape index (κ2) is 7.66. The van der Waals surface area contributed by atoms with Gasteiger partial charge >= 0.3 is 5.97 Å². The number of hydrogen-bond acceptors (Lipinski definition) is 5. The van der Waals surface area contributed by atoms with E-state index in [0.717, 1.165) is 24.2 Å². The van der Waals surface area contributed by atoms with E-state index in [0.29, 0.717) is 37.0 Å². The Balaban J connectivity index is 1.48. The normalized spacial score (nSPS) is 17.4. The van der Waals surface area contributed by atoms with E-state index in [9.17, 15) is 4.79 Å². The van der Waals surface area contributed by atoms with Crippen molar-refractivity contribution in [2.45, 2.75) is 26.2 Å². The van der Waals surface area contributed by atoms with Gasteiger partial charge in [-0.25, -0.2) is 9.79 Å². The Morgan fingerprint density at radius 3 is 2.74 bits per heavy atom. The van der Waals surface area contributed by atoms with Crippen molar-refractivity contribution < 1.29 is 19.0 Å². The molecule has 2 aromatic carbocycles. The molecule has 0 fully saturated rings. The van der Waals surface area contributed by atoms with Gasteiger partial charge in [-0.1, -0.05) is 35.9 Å². The molecule has 0 saturated heterocycles. The standard InChI is InChI=1S/C22H21NO4/c1-15-4-2-5-16(12-15)7-9-21-23-18(22(24)27-21)13-17-6-8-19-20(14-17)26-11-3-10-25-19/h2,4-6,8,12-14H,3,7,9-11H2,1H3/b18-13+. The average molecular weight is 363 g/mol. The third-order valence-corrected chi connectivity index (χ3v) is 4.45. The first-order valence-corrected chi connectivity index (χ1v) is 9.14. The van der Waals surface area contributed by atoms with E-state index in [4.69, 9.17) is 14.2 Å². The molecule has 2 aliphatic rings. The lowest BCUT2D eigenvalue weighted by atomic mass is 10.1. The van der Waals surface area contributed by atoms with Crippen LogP contribution >= 0.6 is 0 Å². The molecule has 2 aromatic rings. The van der Waals surface area contributed by atoms with Crippen LogP contribution in [-0.2, 0) is 16.0 Å². The SMILES string of the molecule is Cc1cccc(CCC2=N/C(=C/c3ccc4c(c3)OCCCO4)C(=O)O2)c1. The van der Waals surface area contributed by atoms with Crippen LogP contribution in [0.15, 0.2) is 53.2 Å². The number of fused-ring (bicyclic) bond motifs is 1. The van der Waals surface area contributed by atoms with Gasteiger partial charge < -0.3 is 14.2 Å². The number of carbonyl (C=O) groups excluding carboxylic acids is 1. The molecule has 0 atom stereocenters. The maximum absolute atomic E-state index is 12.1. The lowest BCUT2D eigenvalue weighted by molar-refractivity contribution is -0.130. The van der Waals surface area contributed by atoms with E-state index < -0.39 is 5.97 Å². The molecule has 27 heavy (non-hydrogen) atoms. The topological polar surface area (TPSA) is 57.1 Å². The van der Waals surface area contributed by atoms with Crippen molar-refractivity contribution in [1.29, 1.82) is 0 Å². The molecule has 0 aromatic heterocycles. The Labute approximate surface area is 158 Å². The van der Waals surface area contributed by atoms with Gasteiger partial charge in [0.15, 0.2) is 23.1 Å². The summed E-state index contributed by atoms with van der Waals surface area (Å²) in [5.74, 6) is 1.46. The van der Waals surface area contributed by atoms with Crippen molar-refractivity contribution >= 4 is 17.9 Å². The van der Waals surface area contributed by atoms with E-state index in [1.807, 2.05) is 24.3 Å². The third-order valence-electron chi connectivity index (χ3n) is 4.45. The van der Waals surface area contributed by atoms with Crippen LogP contribution in [0.3, 0.4) is 0 Å². The van der Waals surface area contributed by atoms with Crippen LogP contribution < -0.4 is 9.47 Å². The van der Waals surface area contributed by atoms with Crippen LogP contribution in [-0.4, -0.2) is 25.1 Å². The zero-order chi connectivity index (χ0) is 18.6. The lowest BCUT2D eigenvalue weighted by Crippen LogP contribution is -2.05. The van der Waals surface area contributed by atoms with Crippen LogP contribution in [0, 0.1) is 6.92 Å². The molecule has 5 heteroatoms. The van der Waals surface area contributed by atoms with Gasteiger partial charge in [-0.3, -0.25) is 0 Å². The van der Waals surface area contributed by atoms with Crippen molar-refractivity contribution in [1.82, 2.24) is 0 Å². The fourth-order valence-corrected chi connectivity index (χ4v) is 3.11. The highest BCUT2D eigenvalue weighted by molar-refractivity contribution is 6.07. The first kappa shape index (κ1) is 17.3. The molecule has 2 aliphatic heterocycles. The molecule has 0 saturated carbocycles. The van der Waals surface area contributed by atoms with E-state index in [2.05, 4.69) is 30.1 Å². The van der Waals surface area contributed by atoms with Crippen LogP contribution in [0.4, 0.5) is 0 Å². The average Bonchev–Trinajstić information content (AvgIpc) is 2.86. The largest absolute Gasteiger partial charge is 0.490 e. The molecule has 0 bridgehead atoms. The van der Waals surface area contributed by atoms with E-state index in [-0.39, 0.29) is 0 Å². The Bertz CT molecular complexity index is 930. The second-order valence-electron chi connectivity index (χ2n) is 6.67. The van der Waals surface area contributed by atoms with Crippen molar-refractivity contribution in [3.8, 4) is 11.5 Å². The van der Waals surface area contributed by atoms with E-state index in [1.165, 1.54) is 11.1 Å². The quantitative estimate of drug-likeness (QED) is 0.607. The van der Waals surface area contributed by atoms with Crippen molar-refractivity contribution in [3.05, 3.63) is 64.9 Å². The number of benzene rings is 2. The number of esters is 1. The fraction of sp³-hybridized carbons (Fsp3) is 0.273. The number of cyclic esters (lactones) is 1. The Kier molecular flexibility index (Phi) is 4.92. The number of hydrogen-bond donors (Lipinski definition) is 0. The van der Waals surface area contributed by atoms with Gasteiger partial charge in [0.2, 0.25) is 0 Å². The second-order valence-corrected chi connectivity index (χ2v) is 6.67. The zero-order valence-corrected chi connectivity index (χ0v) is 15.2. The van der Waals surface area contributed by atoms with Crippen molar-refractivity contribution in [2.75, 3.05) is 13.2 Å². The molecule has 0 N–H and O–H groups in total. The molecule has 4 rings (SSSR count). The minimum absolute atomic E-state index is 0.309. The maximum Gasteiger partial charge on any atom is 0.363 e. The summed E-state index contributed by atoms with van der Waals surface area (Å²) < 4.78 is 16.6. The Hall–Kier alpha value is -3.08. The lowest BCUT2D eigenvalue weighted by Gasteiger charge is -2.07. The number of rotatable bonds is 4. The Morgan fingerprint density at radius 1 is 1.04 bits per heavy atom. The summed E-state index contributed by atoms with van der Waals surface area (Å²) in [7, 11) is 0. The van der Waals surface area contributed by atoms with Gasteiger partial charge in [-0.15, -0.1) is 0 Å². The van der Waals surface area contributed by atoms with Gasteiger partial charge in [-0.05, 0) is 42.7 Å². The molecule has 0 unspecified atom stereocenters. The number of carbonyl (C=O) groups is 1. The van der Waals surface area contributed by atoms with Crippen molar-refractivity contribution in [3.63, 3.8) is 0 Å². The van der Waals surface area contributed by atoms with Crippen LogP contribution in [0.5, 0.6) is 11.5 Å². The van der Waals surface area contributed by atoms with Crippen LogP contribution in [0.25, 0.3) is 6.08 Å². The molecule has 5 nitrogen and oxygen atoms in total. The fourth-order valence-electron chi connectivity index (χ4n) is 3.11. The summed E-state index contributed by atoms with van der Waals surface area (Å²) in [6, 6.07) is 13.9. The van der Waals surface area contributed by atoms with Gasteiger partial charge in [-0.2, -0.15) is 0 Å². The van der Waals surface area contributed by atoms with Crippen LogP contribution in [0.2, 0.25) is 0 Å². The predicted octanol–water partition coefficient (Wildman–Crippen LogP) is 4.09. The molecule has 138 valence electrons. The molecule has 0 radical (unpaired) electrons. The third kappa shape index (κ3) is 4.19. The highest BCUT2D eigenvalue weighted by atomic mass is 16.6. The minimum Gasteiger partial charge on any atom is -0.490 e. The number of aryl methyl sites for hydroxylation is 2. The molecule has 0 amide bonds. The summed E-state index contributed by atoms with van der Waals surface area (Å²) in [5, 5.41) is 0. The highest BCUT2D eigenvalue weighted by Gasteiger charge is 2.23. The summed E-state index contributed by atoms with van der Waals surface area (Å²) in [6.45, 7) is 3.33. The molecular formula is C22H21NO4. The van der Waals surface area contributed by atoms with E-state index in [1.54, 1.807) is 6.08 Å². The van der Waals surface area contributed by atoms with Gasteiger partial charge in [0, 0.05) is 12.8 Å². The van der Waals surface area contributed by atoms with Crippen LogP contribution in [0.1, 0.15) is 29.5 Å². The summed E-state index contributed by atoms with van der Waals surface area (Å²) in [6.07, 6.45) is 3.95. The predicted molar refractivity (Wildman–Crippen MR) is 103 cm³/mol. The first-order chi connectivity index (χ1) is 13.2. The Morgan fingerprint density at radius 2 is 1.89 bits per heavy atom. The van der Waals surface area contributed by atoms with Gasteiger partial charge in [0.25, 0.3) is 0 Å².